The van der Waals surface area contributed by atoms with E-state index in [0.717, 1.165) is 17.5 Å². The zero-order valence-corrected chi connectivity index (χ0v) is 26.9. The molecule has 1 aromatic heterocycles. The van der Waals surface area contributed by atoms with Crippen LogP contribution in [0.5, 0.6) is 0 Å². The van der Waals surface area contributed by atoms with Crippen molar-refractivity contribution in [2.24, 2.45) is 11.5 Å². The van der Waals surface area contributed by atoms with Gasteiger partial charge in [0.2, 0.25) is 0 Å². The summed E-state index contributed by atoms with van der Waals surface area (Å²) in [7, 11) is 0. The third-order valence-corrected chi connectivity index (χ3v) is 10.8. The second-order valence-corrected chi connectivity index (χ2v) is 13.9. The van der Waals surface area contributed by atoms with Gasteiger partial charge in [0.1, 0.15) is 0 Å². The lowest BCUT2D eigenvalue weighted by molar-refractivity contribution is 0.661. The number of fused-ring (bicyclic) bond motifs is 5. The highest BCUT2D eigenvalue weighted by molar-refractivity contribution is 7.22. The Hall–Kier alpha value is -4.80. The molecule has 0 atom stereocenters. The standard InChI is InChI=1S/C43H36N2S/c1-43(2)37-22-10-17-28(41(37)36-24-29-13-3-4-14-30(29)25-38(36)43)16-9-15-27-12-5-6-18-31(27)40-26-35-33(21-11-23-39(35)46-40)32-19-7-8-20-34(32)42(44)45/h3-14,16-26,42H,15,44-45H2,1-2H3/b16-9+. The zero-order valence-electron chi connectivity index (χ0n) is 26.1. The minimum atomic E-state index is -0.526. The van der Waals surface area contributed by atoms with Gasteiger partial charge in [-0.25, -0.2) is 0 Å². The van der Waals surface area contributed by atoms with Crippen LogP contribution >= 0.6 is 11.3 Å². The molecule has 7 aromatic rings. The van der Waals surface area contributed by atoms with Gasteiger partial charge in [0, 0.05) is 20.4 Å². The third kappa shape index (κ3) is 4.71. The molecule has 6 aromatic carbocycles. The van der Waals surface area contributed by atoms with Crippen LogP contribution in [0.1, 0.15) is 47.8 Å². The van der Waals surface area contributed by atoms with Gasteiger partial charge in [0.15, 0.2) is 0 Å². The first-order valence-electron chi connectivity index (χ1n) is 15.9. The highest BCUT2D eigenvalue weighted by atomic mass is 32.1. The number of benzene rings is 6. The van der Waals surface area contributed by atoms with Gasteiger partial charge in [0.25, 0.3) is 0 Å². The SMILES string of the molecule is CC1(C)c2cc3ccccc3cc2-c2c(/C=C/Cc3ccccc3-c3cc4c(-c5ccccc5C(N)N)cccc4s3)cccc21. The van der Waals surface area contributed by atoms with Crippen LogP contribution in [-0.2, 0) is 11.8 Å². The largest absolute Gasteiger partial charge is 0.312 e. The topological polar surface area (TPSA) is 52.0 Å². The van der Waals surface area contributed by atoms with E-state index in [1.165, 1.54) is 70.2 Å². The lowest BCUT2D eigenvalue weighted by atomic mass is 9.81. The lowest BCUT2D eigenvalue weighted by Crippen LogP contribution is -2.20. The monoisotopic (exact) mass is 612 g/mol. The first-order valence-corrected chi connectivity index (χ1v) is 16.8. The minimum absolute atomic E-state index is 0.0408. The molecule has 3 heteroatoms. The van der Waals surface area contributed by atoms with Crippen LogP contribution in [-0.4, -0.2) is 0 Å². The number of nitrogens with two attached hydrogens (primary N) is 2. The van der Waals surface area contributed by atoms with Crippen molar-refractivity contribution in [1.82, 2.24) is 0 Å². The number of rotatable bonds is 6. The van der Waals surface area contributed by atoms with Gasteiger partial charge in [-0.15, -0.1) is 11.3 Å². The Labute approximate surface area is 274 Å². The van der Waals surface area contributed by atoms with E-state index in [1.807, 2.05) is 23.5 Å². The van der Waals surface area contributed by atoms with Crippen molar-refractivity contribution in [3.63, 3.8) is 0 Å². The molecule has 1 aliphatic rings. The Bertz CT molecular complexity index is 2300. The molecule has 4 N–H and O–H groups in total. The van der Waals surface area contributed by atoms with Crippen LogP contribution in [0.15, 0.2) is 133 Å². The van der Waals surface area contributed by atoms with Crippen LogP contribution in [0.3, 0.4) is 0 Å². The van der Waals surface area contributed by atoms with E-state index < -0.39 is 6.17 Å². The molecule has 2 nitrogen and oxygen atoms in total. The maximum absolute atomic E-state index is 6.16. The predicted molar refractivity (Wildman–Crippen MR) is 198 cm³/mol. The summed E-state index contributed by atoms with van der Waals surface area (Å²) >= 11 is 1.84. The van der Waals surface area contributed by atoms with Crippen molar-refractivity contribution < 1.29 is 0 Å². The maximum Gasteiger partial charge on any atom is 0.0790 e. The smallest absolute Gasteiger partial charge is 0.0790 e. The summed E-state index contributed by atoms with van der Waals surface area (Å²) < 4.78 is 1.26. The Kier molecular flexibility index (Phi) is 6.99. The molecular weight excluding hydrogens is 577 g/mol. The van der Waals surface area contributed by atoms with E-state index in [9.17, 15) is 0 Å². The molecule has 224 valence electrons. The van der Waals surface area contributed by atoms with Gasteiger partial charge >= 0.3 is 0 Å². The summed E-state index contributed by atoms with van der Waals surface area (Å²) in [5.74, 6) is 0. The maximum atomic E-state index is 6.16. The number of allylic oxidation sites excluding steroid dienone is 1. The first-order chi connectivity index (χ1) is 22.4. The van der Waals surface area contributed by atoms with Gasteiger partial charge in [0.05, 0.1) is 6.17 Å². The fourth-order valence-electron chi connectivity index (χ4n) is 7.35. The molecule has 0 saturated heterocycles. The van der Waals surface area contributed by atoms with Gasteiger partial charge in [-0.1, -0.05) is 129 Å². The Morgan fingerprint density at radius 3 is 2.17 bits per heavy atom. The molecule has 0 spiro atoms. The molecule has 8 rings (SSSR count). The molecule has 46 heavy (non-hydrogen) atoms. The molecule has 0 amide bonds. The fraction of sp³-hybridized carbons (Fsp3) is 0.116. The van der Waals surface area contributed by atoms with Crippen LogP contribution in [0, 0.1) is 0 Å². The average Bonchev–Trinajstić information content (AvgIpc) is 3.61. The lowest BCUT2D eigenvalue weighted by Gasteiger charge is -2.21. The van der Waals surface area contributed by atoms with Gasteiger partial charge in [-0.3, -0.25) is 0 Å². The van der Waals surface area contributed by atoms with Crippen LogP contribution in [0.4, 0.5) is 0 Å². The van der Waals surface area contributed by atoms with Crippen molar-refractivity contribution >= 4 is 38.3 Å². The molecule has 0 fully saturated rings. The Morgan fingerprint density at radius 1 is 0.652 bits per heavy atom. The van der Waals surface area contributed by atoms with Crippen LogP contribution in [0.2, 0.25) is 0 Å². The van der Waals surface area contributed by atoms with Gasteiger partial charge < -0.3 is 11.5 Å². The fourth-order valence-corrected chi connectivity index (χ4v) is 8.50. The first kappa shape index (κ1) is 28.7. The Morgan fingerprint density at radius 2 is 1.35 bits per heavy atom. The van der Waals surface area contributed by atoms with Crippen molar-refractivity contribution in [3.8, 4) is 32.7 Å². The van der Waals surface area contributed by atoms with Gasteiger partial charge in [-0.2, -0.15) is 0 Å². The van der Waals surface area contributed by atoms with E-state index in [-0.39, 0.29) is 5.41 Å². The molecule has 0 aliphatic heterocycles. The van der Waals surface area contributed by atoms with E-state index in [0.29, 0.717) is 0 Å². The van der Waals surface area contributed by atoms with Crippen molar-refractivity contribution in [2.45, 2.75) is 31.8 Å². The highest BCUT2D eigenvalue weighted by Crippen LogP contribution is 2.51. The number of hydrogen-bond donors (Lipinski definition) is 2. The summed E-state index contributed by atoms with van der Waals surface area (Å²) in [5, 5.41) is 3.82. The average molecular weight is 613 g/mol. The molecule has 0 radical (unpaired) electrons. The highest BCUT2D eigenvalue weighted by Gasteiger charge is 2.36. The summed E-state index contributed by atoms with van der Waals surface area (Å²) in [5.41, 5.74) is 24.9. The molecule has 0 bridgehead atoms. The summed E-state index contributed by atoms with van der Waals surface area (Å²) in [6.07, 6.45) is 4.98. The van der Waals surface area contributed by atoms with E-state index in [4.69, 9.17) is 11.5 Å². The van der Waals surface area contributed by atoms with E-state index >= 15 is 0 Å². The molecular formula is C43H36N2S. The Balaban J connectivity index is 1.15. The van der Waals surface area contributed by atoms with Gasteiger partial charge in [-0.05, 0) is 97.1 Å². The second kappa shape index (κ2) is 11.2. The predicted octanol–water partition coefficient (Wildman–Crippen LogP) is 10.9. The normalized spacial score (nSPS) is 13.6. The van der Waals surface area contributed by atoms with Crippen LogP contribution in [0.25, 0.3) is 59.6 Å². The number of hydrogen-bond acceptors (Lipinski definition) is 3. The molecule has 1 heterocycles. The van der Waals surface area contributed by atoms with Crippen molar-refractivity contribution in [3.05, 3.63) is 161 Å². The summed E-state index contributed by atoms with van der Waals surface area (Å²) in [4.78, 5) is 1.27. The zero-order chi connectivity index (χ0) is 31.4. The van der Waals surface area contributed by atoms with Crippen molar-refractivity contribution in [1.29, 1.82) is 0 Å². The quantitative estimate of drug-likeness (QED) is 0.184. The van der Waals surface area contributed by atoms with E-state index in [2.05, 4.69) is 141 Å². The third-order valence-electron chi connectivity index (χ3n) is 9.69. The van der Waals surface area contributed by atoms with Crippen LogP contribution < -0.4 is 11.5 Å². The second-order valence-electron chi connectivity index (χ2n) is 12.8. The molecule has 0 unspecified atom stereocenters. The summed E-state index contributed by atoms with van der Waals surface area (Å²) in [6.45, 7) is 4.71. The van der Waals surface area contributed by atoms with E-state index in [1.54, 1.807) is 0 Å². The number of thiophene rings is 1. The van der Waals surface area contributed by atoms with Crippen molar-refractivity contribution in [2.75, 3.05) is 0 Å². The molecule has 1 aliphatic carbocycles. The summed E-state index contributed by atoms with van der Waals surface area (Å²) in [6, 6.07) is 46.1. The molecule has 0 saturated carbocycles. The minimum Gasteiger partial charge on any atom is -0.312 e.